The Morgan fingerprint density at radius 1 is 1.20 bits per heavy atom. The summed E-state index contributed by atoms with van der Waals surface area (Å²) in [5.74, 6) is 0.852. The highest BCUT2D eigenvalue weighted by Gasteiger charge is 2.34. The quantitative estimate of drug-likeness (QED) is 0.392. The Hall–Kier alpha value is -1.11. The van der Waals surface area contributed by atoms with Crippen LogP contribution in [0.3, 0.4) is 0 Å². The van der Waals surface area contributed by atoms with Crippen LogP contribution in [-0.4, -0.2) is 52.0 Å². The molecule has 25 heavy (non-hydrogen) atoms. The van der Waals surface area contributed by atoms with Crippen molar-refractivity contribution in [1.29, 1.82) is 0 Å². The van der Waals surface area contributed by atoms with Gasteiger partial charge in [-0.2, -0.15) is 0 Å². The van der Waals surface area contributed by atoms with Crippen LogP contribution >= 0.6 is 15.9 Å². The zero-order chi connectivity index (χ0) is 18.0. The monoisotopic (exact) mass is 411 g/mol. The van der Waals surface area contributed by atoms with Crippen molar-refractivity contribution in [2.24, 2.45) is 4.99 Å². The number of nitrogens with zero attached hydrogens (tertiary/aromatic N) is 1. The predicted octanol–water partition coefficient (Wildman–Crippen LogP) is 3.09. The van der Waals surface area contributed by atoms with Crippen molar-refractivity contribution in [3.63, 3.8) is 0 Å². The number of ether oxygens (including phenoxy) is 2. The minimum Gasteiger partial charge on any atom is -0.381 e. The molecule has 1 aliphatic heterocycles. The molecule has 0 amide bonds. The summed E-state index contributed by atoms with van der Waals surface area (Å²) in [5, 5.41) is 6.67. The molecule has 0 unspecified atom stereocenters. The van der Waals surface area contributed by atoms with E-state index in [0.29, 0.717) is 6.61 Å². The first-order valence-corrected chi connectivity index (χ1v) is 9.93. The average molecular weight is 412 g/mol. The van der Waals surface area contributed by atoms with Gasteiger partial charge in [0.15, 0.2) is 5.96 Å². The Morgan fingerprint density at radius 3 is 2.56 bits per heavy atom. The molecule has 2 N–H and O–H groups in total. The van der Waals surface area contributed by atoms with Gasteiger partial charge in [-0.15, -0.1) is 0 Å². The summed E-state index contributed by atoms with van der Waals surface area (Å²) in [5.41, 5.74) is 1.38. The van der Waals surface area contributed by atoms with Gasteiger partial charge in [-0.3, -0.25) is 4.99 Å². The first-order chi connectivity index (χ1) is 12.2. The zero-order valence-corrected chi connectivity index (χ0v) is 16.9. The molecule has 0 aliphatic carbocycles. The van der Waals surface area contributed by atoms with Gasteiger partial charge in [-0.1, -0.05) is 28.1 Å². The summed E-state index contributed by atoms with van der Waals surface area (Å²) in [6.45, 7) is 9.45. The van der Waals surface area contributed by atoms with Crippen LogP contribution in [0.5, 0.6) is 0 Å². The Balaban J connectivity index is 2.09. The van der Waals surface area contributed by atoms with Gasteiger partial charge in [0.1, 0.15) is 0 Å². The van der Waals surface area contributed by atoms with Gasteiger partial charge in [-0.25, -0.2) is 0 Å². The Kier molecular flexibility index (Phi) is 8.72. The van der Waals surface area contributed by atoms with Crippen LogP contribution < -0.4 is 10.6 Å². The molecule has 140 valence electrons. The smallest absolute Gasteiger partial charge is 0.191 e. The second-order valence-electron chi connectivity index (χ2n) is 6.22. The van der Waals surface area contributed by atoms with E-state index >= 15 is 0 Å². The molecule has 1 fully saturated rings. The fourth-order valence-electron chi connectivity index (χ4n) is 3.06. The van der Waals surface area contributed by atoms with Crippen molar-refractivity contribution in [3.05, 3.63) is 34.3 Å². The lowest BCUT2D eigenvalue weighted by Crippen LogP contribution is -2.42. The maximum absolute atomic E-state index is 5.61. The fourth-order valence-corrected chi connectivity index (χ4v) is 3.33. The lowest BCUT2D eigenvalue weighted by Gasteiger charge is -2.36. The summed E-state index contributed by atoms with van der Waals surface area (Å²) < 4.78 is 12.1. The number of hydrogen-bond acceptors (Lipinski definition) is 3. The third-order valence-electron chi connectivity index (χ3n) is 4.53. The third kappa shape index (κ3) is 6.28. The van der Waals surface area contributed by atoms with Gasteiger partial charge in [0.25, 0.3) is 0 Å². The summed E-state index contributed by atoms with van der Waals surface area (Å²) in [6.07, 6.45) is 1.99. The van der Waals surface area contributed by atoms with Crippen LogP contribution in [-0.2, 0) is 14.9 Å². The van der Waals surface area contributed by atoms with Crippen LogP contribution in [0.1, 0.15) is 32.3 Å². The molecule has 0 atom stereocenters. The number of halogens is 1. The summed E-state index contributed by atoms with van der Waals surface area (Å²) >= 11 is 3.53. The highest BCUT2D eigenvalue weighted by Crippen LogP contribution is 2.35. The molecule has 0 saturated carbocycles. The second-order valence-corrected chi connectivity index (χ2v) is 7.13. The first kappa shape index (κ1) is 20.2. The molecule has 0 spiro atoms. The fraction of sp³-hybridized carbons (Fsp3) is 0.632. The van der Waals surface area contributed by atoms with Gasteiger partial charge in [0.05, 0.1) is 13.2 Å². The Bertz CT molecular complexity index is 528. The molecule has 0 bridgehead atoms. The Labute approximate surface area is 159 Å². The Morgan fingerprint density at radius 2 is 1.92 bits per heavy atom. The van der Waals surface area contributed by atoms with Crippen molar-refractivity contribution < 1.29 is 9.47 Å². The van der Waals surface area contributed by atoms with Gasteiger partial charge < -0.3 is 20.1 Å². The number of rotatable bonds is 8. The third-order valence-corrected chi connectivity index (χ3v) is 5.06. The number of hydrogen-bond donors (Lipinski definition) is 2. The molecule has 1 aromatic rings. The van der Waals surface area contributed by atoms with E-state index < -0.39 is 0 Å². The van der Waals surface area contributed by atoms with Gasteiger partial charge >= 0.3 is 0 Å². The number of benzene rings is 1. The SMILES string of the molecule is CCNC(=NCC1(c2ccc(Br)cc2)CCOCC1)NCCOCC. The maximum Gasteiger partial charge on any atom is 0.191 e. The van der Waals surface area contributed by atoms with Crippen molar-refractivity contribution in [1.82, 2.24) is 10.6 Å². The van der Waals surface area contributed by atoms with Gasteiger partial charge in [-0.05, 0) is 44.4 Å². The van der Waals surface area contributed by atoms with Gasteiger partial charge in [0.2, 0.25) is 0 Å². The standard InChI is InChI=1S/C19H30BrN3O2/c1-3-21-18(22-11-14-24-4-2)23-15-19(9-12-25-13-10-19)16-5-7-17(20)8-6-16/h5-8H,3-4,9-15H2,1-2H3,(H2,21,22,23). The van der Waals surface area contributed by atoms with Crippen molar-refractivity contribution in [2.45, 2.75) is 32.1 Å². The molecule has 1 aromatic carbocycles. The highest BCUT2D eigenvalue weighted by atomic mass is 79.9. The molecule has 1 saturated heterocycles. The normalized spacial score (nSPS) is 17.3. The minimum atomic E-state index is 0.0429. The number of aliphatic imine (C=N–C) groups is 1. The van der Waals surface area contributed by atoms with E-state index in [1.807, 2.05) is 6.92 Å². The first-order valence-electron chi connectivity index (χ1n) is 9.14. The van der Waals surface area contributed by atoms with E-state index in [-0.39, 0.29) is 5.41 Å². The minimum absolute atomic E-state index is 0.0429. The number of nitrogens with one attached hydrogen (secondary N) is 2. The van der Waals surface area contributed by atoms with E-state index in [9.17, 15) is 0 Å². The van der Waals surface area contributed by atoms with Crippen LogP contribution in [0, 0.1) is 0 Å². The van der Waals surface area contributed by atoms with Crippen molar-refractivity contribution in [3.8, 4) is 0 Å². The zero-order valence-electron chi connectivity index (χ0n) is 15.3. The van der Waals surface area contributed by atoms with E-state index in [0.717, 1.165) is 62.7 Å². The van der Waals surface area contributed by atoms with Crippen LogP contribution in [0.25, 0.3) is 0 Å². The molecular weight excluding hydrogens is 382 g/mol. The maximum atomic E-state index is 5.61. The number of guanidine groups is 1. The molecular formula is C19H30BrN3O2. The molecule has 5 nitrogen and oxygen atoms in total. The highest BCUT2D eigenvalue weighted by molar-refractivity contribution is 9.10. The summed E-state index contributed by atoms with van der Waals surface area (Å²) in [6, 6.07) is 8.64. The van der Waals surface area contributed by atoms with E-state index in [2.05, 4.69) is 57.8 Å². The molecule has 0 aromatic heterocycles. The van der Waals surface area contributed by atoms with Crippen LogP contribution in [0.2, 0.25) is 0 Å². The summed E-state index contributed by atoms with van der Waals surface area (Å²) in [7, 11) is 0. The van der Waals surface area contributed by atoms with Crippen molar-refractivity contribution in [2.75, 3.05) is 46.1 Å². The van der Waals surface area contributed by atoms with E-state index in [1.165, 1.54) is 5.56 Å². The molecule has 0 radical (unpaired) electrons. The lowest BCUT2D eigenvalue weighted by molar-refractivity contribution is 0.0531. The average Bonchev–Trinajstić information content (AvgIpc) is 2.64. The second kappa shape index (κ2) is 10.8. The van der Waals surface area contributed by atoms with Crippen molar-refractivity contribution >= 4 is 21.9 Å². The summed E-state index contributed by atoms with van der Waals surface area (Å²) in [4.78, 5) is 4.88. The molecule has 2 rings (SSSR count). The van der Waals surface area contributed by atoms with Gasteiger partial charge in [0, 0.05) is 42.8 Å². The van der Waals surface area contributed by atoms with E-state index in [1.54, 1.807) is 0 Å². The largest absolute Gasteiger partial charge is 0.381 e. The molecule has 6 heteroatoms. The topological polar surface area (TPSA) is 54.9 Å². The molecule has 1 heterocycles. The molecule has 1 aliphatic rings. The van der Waals surface area contributed by atoms with Crippen LogP contribution in [0.15, 0.2) is 33.7 Å². The lowest BCUT2D eigenvalue weighted by atomic mass is 9.74. The van der Waals surface area contributed by atoms with E-state index in [4.69, 9.17) is 14.5 Å². The van der Waals surface area contributed by atoms with Crippen LogP contribution in [0.4, 0.5) is 0 Å². The predicted molar refractivity (Wildman–Crippen MR) is 106 cm³/mol.